The minimum atomic E-state index is -1.15. The van der Waals surface area contributed by atoms with Crippen molar-refractivity contribution in [1.82, 2.24) is 5.27 Å². The second kappa shape index (κ2) is 8.84. The molecule has 2 aromatic carbocycles. The first kappa shape index (κ1) is 20.5. The Morgan fingerprint density at radius 1 is 1.31 bits per heavy atom. The second-order valence-corrected chi connectivity index (χ2v) is 6.98. The van der Waals surface area contributed by atoms with Crippen LogP contribution in [0.5, 0.6) is 11.7 Å². The standard InChI is InChI=1S/C18H14ClN3O6S/c1-27-12-5-3-11(4-6-12)22-16(18(26)28-21-22)29-9-15(23)20-14-8-10(17(24)25)2-7-13(14)19/h2-8H,9H2,1H3,(H2-,20,21,23,24,25,26). The predicted octanol–water partition coefficient (Wildman–Crippen LogP) is 2.12. The van der Waals surface area contributed by atoms with Gasteiger partial charge in [0, 0.05) is 12.1 Å². The third kappa shape index (κ3) is 4.79. The fourth-order valence-electron chi connectivity index (χ4n) is 2.32. The van der Waals surface area contributed by atoms with Crippen LogP contribution in [0.15, 0.2) is 52.0 Å². The average Bonchev–Trinajstić information content (AvgIpc) is 3.08. The number of halogens is 1. The molecule has 0 saturated heterocycles. The Morgan fingerprint density at radius 3 is 2.69 bits per heavy atom. The summed E-state index contributed by atoms with van der Waals surface area (Å²) in [6, 6.07) is 10.7. The SMILES string of the molecule is COc1ccc(-[n+]2noc([O-])c2SCC(=O)Nc2cc(C(=O)O)ccc2Cl)cc1. The monoisotopic (exact) mass is 435 g/mol. The topological polar surface area (TPSA) is 129 Å². The molecule has 0 aliphatic heterocycles. The molecule has 0 aliphatic rings. The van der Waals surface area contributed by atoms with Gasteiger partial charge in [0.1, 0.15) is 5.75 Å². The fourth-order valence-corrected chi connectivity index (χ4v) is 3.24. The van der Waals surface area contributed by atoms with Crippen LogP contribution in [0.1, 0.15) is 10.4 Å². The molecule has 3 rings (SSSR count). The average molecular weight is 436 g/mol. The molecule has 0 bridgehead atoms. The number of hydrogen-bond acceptors (Lipinski definition) is 7. The van der Waals surface area contributed by atoms with Gasteiger partial charge in [-0.3, -0.25) is 4.79 Å². The minimum Gasteiger partial charge on any atom is -0.538 e. The van der Waals surface area contributed by atoms with Crippen LogP contribution in [-0.4, -0.2) is 35.1 Å². The van der Waals surface area contributed by atoms with Crippen molar-refractivity contribution in [2.75, 3.05) is 18.2 Å². The van der Waals surface area contributed by atoms with E-state index < -0.39 is 17.8 Å². The van der Waals surface area contributed by atoms with E-state index in [0.29, 0.717) is 11.4 Å². The summed E-state index contributed by atoms with van der Waals surface area (Å²) in [5, 5.41) is 27.5. The van der Waals surface area contributed by atoms with Crippen LogP contribution in [0.3, 0.4) is 0 Å². The van der Waals surface area contributed by atoms with Gasteiger partial charge in [0.05, 0.1) is 34.4 Å². The molecule has 0 spiro atoms. The summed E-state index contributed by atoms with van der Waals surface area (Å²) in [5.74, 6) is -1.84. The fraction of sp³-hybridized carbons (Fsp3) is 0.111. The number of nitrogens with one attached hydrogen (secondary N) is 1. The molecule has 3 aromatic rings. The van der Waals surface area contributed by atoms with Crippen molar-refractivity contribution < 1.29 is 33.7 Å². The lowest BCUT2D eigenvalue weighted by molar-refractivity contribution is -0.705. The zero-order valence-corrected chi connectivity index (χ0v) is 16.5. The van der Waals surface area contributed by atoms with Crippen molar-refractivity contribution in [1.29, 1.82) is 0 Å². The van der Waals surface area contributed by atoms with Gasteiger partial charge in [-0.1, -0.05) is 11.6 Å². The number of benzene rings is 2. The number of carboxylic acid groups (broad SMARTS) is 1. The van der Waals surface area contributed by atoms with E-state index in [0.717, 1.165) is 11.8 Å². The molecule has 9 nitrogen and oxygen atoms in total. The summed E-state index contributed by atoms with van der Waals surface area (Å²) in [4.78, 5) is 23.3. The van der Waals surface area contributed by atoms with Gasteiger partial charge in [-0.05, 0) is 46.8 Å². The van der Waals surface area contributed by atoms with Crippen LogP contribution in [0.4, 0.5) is 5.69 Å². The molecule has 0 atom stereocenters. The lowest BCUT2D eigenvalue weighted by Crippen LogP contribution is -2.35. The summed E-state index contributed by atoms with van der Waals surface area (Å²) in [6.07, 6.45) is 0. The smallest absolute Gasteiger partial charge is 0.335 e. The number of methoxy groups -OCH3 is 1. The quantitative estimate of drug-likeness (QED) is 0.426. The maximum atomic E-state index is 12.3. The molecule has 0 fully saturated rings. The minimum absolute atomic E-state index is 0.0180. The number of amides is 1. The number of hydrogen-bond donors (Lipinski definition) is 2. The zero-order valence-electron chi connectivity index (χ0n) is 14.9. The summed E-state index contributed by atoms with van der Waals surface area (Å²) < 4.78 is 11.1. The first-order chi connectivity index (χ1) is 13.9. The highest BCUT2D eigenvalue weighted by molar-refractivity contribution is 7.99. The number of aromatic nitrogens is 2. The molecule has 0 aliphatic carbocycles. The Balaban J connectivity index is 1.72. The molecule has 11 heteroatoms. The Morgan fingerprint density at radius 2 is 2.03 bits per heavy atom. The Labute approximate surface area is 173 Å². The first-order valence-electron chi connectivity index (χ1n) is 8.08. The molecule has 1 amide bonds. The Hall–Kier alpha value is -3.24. The van der Waals surface area contributed by atoms with Crippen molar-refractivity contribution in [3.63, 3.8) is 0 Å². The molecule has 150 valence electrons. The number of thioether (sulfide) groups is 1. The first-order valence-corrected chi connectivity index (χ1v) is 9.44. The molecule has 2 N–H and O–H groups in total. The van der Waals surface area contributed by atoms with E-state index in [1.165, 1.54) is 30.0 Å². The number of carbonyl (C=O) groups is 2. The van der Waals surface area contributed by atoms with Gasteiger partial charge in [-0.15, -0.1) is 0 Å². The Kier molecular flexibility index (Phi) is 6.25. The summed E-state index contributed by atoms with van der Waals surface area (Å²) in [7, 11) is 1.53. The van der Waals surface area contributed by atoms with Crippen LogP contribution in [0, 0.1) is 0 Å². The second-order valence-electron chi connectivity index (χ2n) is 5.61. The van der Waals surface area contributed by atoms with Crippen molar-refractivity contribution in [2.45, 2.75) is 5.03 Å². The third-order valence-corrected chi connectivity index (χ3v) is 5.07. The summed E-state index contributed by atoms with van der Waals surface area (Å²) in [5.41, 5.74) is 0.695. The van der Waals surface area contributed by atoms with Crippen molar-refractivity contribution in [2.24, 2.45) is 0 Å². The lowest BCUT2D eigenvalue weighted by Gasteiger charge is -2.07. The van der Waals surface area contributed by atoms with E-state index in [1.54, 1.807) is 24.3 Å². The van der Waals surface area contributed by atoms with Crippen molar-refractivity contribution in [3.05, 3.63) is 53.1 Å². The zero-order chi connectivity index (χ0) is 21.0. The summed E-state index contributed by atoms with van der Waals surface area (Å²) in [6.45, 7) is 0. The Bertz CT molecular complexity index is 1050. The van der Waals surface area contributed by atoms with Gasteiger partial charge in [-0.25, -0.2) is 4.79 Å². The van der Waals surface area contributed by atoms with E-state index >= 15 is 0 Å². The van der Waals surface area contributed by atoms with Crippen molar-refractivity contribution >= 4 is 40.9 Å². The van der Waals surface area contributed by atoms with Gasteiger partial charge in [0.2, 0.25) is 11.6 Å². The van der Waals surface area contributed by atoms with Gasteiger partial charge < -0.3 is 24.8 Å². The number of ether oxygens (including phenoxy) is 1. The predicted molar refractivity (Wildman–Crippen MR) is 102 cm³/mol. The molecular weight excluding hydrogens is 422 g/mol. The van der Waals surface area contributed by atoms with Crippen molar-refractivity contribution in [3.8, 4) is 17.4 Å². The molecule has 29 heavy (non-hydrogen) atoms. The van der Waals surface area contributed by atoms with Gasteiger partial charge in [0.15, 0.2) is 5.95 Å². The molecule has 1 aromatic heterocycles. The number of nitrogens with zero attached hydrogens (tertiary/aromatic N) is 2. The van der Waals surface area contributed by atoms with E-state index in [9.17, 15) is 14.7 Å². The van der Waals surface area contributed by atoms with E-state index in [1.807, 2.05) is 0 Å². The van der Waals surface area contributed by atoms with Crippen LogP contribution in [0.2, 0.25) is 5.02 Å². The molecule has 1 heterocycles. The maximum Gasteiger partial charge on any atom is 0.335 e. The van der Waals surface area contributed by atoms with Crippen LogP contribution in [0.25, 0.3) is 5.69 Å². The number of carbonyl (C=O) groups excluding carboxylic acids is 1. The summed E-state index contributed by atoms with van der Waals surface area (Å²) >= 11 is 6.92. The maximum absolute atomic E-state index is 12.3. The van der Waals surface area contributed by atoms with E-state index in [2.05, 4.69) is 10.6 Å². The highest BCUT2D eigenvalue weighted by Gasteiger charge is 2.22. The molecule has 0 unspecified atom stereocenters. The van der Waals surface area contributed by atoms with Gasteiger partial charge in [0.25, 0.3) is 5.03 Å². The number of aromatic carboxylic acids is 1. The normalized spacial score (nSPS) is 10.6. The highest BCUT2D eigenvalue weighted by Crippen LogP contribution is 2.26. The largest absolute Gasteiger partial charge is 0.538 e. The molecule has 0 saturated carbocycles. The van der Waals surface area contributed by atoms with Crippen LogP contribution in [-0.2, 0) is 4.79 Å². The molecular formula is C18H14ClN3O6S. The molecule has 0 radical (unpaired) electrons. The number of anilines is 1. The lowest BCUT2D eigenvalue weighted by atomic mass is 10.2. The number of carboxylic acids is 1. The van der Waals surface area contributed by atoms with Crippen LogP contribution < -0.4 is 19.8 Å². The van der Waals surface area contributed by atoms with E-state index in [4.69, 9.17) is 26.0 Å². The van der Waals surface area contributed by atoms with Crippen LogP contribution >= 0.6 is 23.4 Å². The van der Waals surface area contributed by atoms with Gasteiger partial charge >= 0.3 is 5.97 Å². The number of rotatable bonds is 7. The van der Waals surface area contributed by atoms with E-state index in [-0.39, 0.29) is 27.1 Å². The highest BCUT2D eigenvalue weighted by atomic mass is 35.5. The third-order valence-electron chi connectivity index (χ3n) is 3.72. The van der Waals surface area contributed by atoms with Gasteiger partial charge in [-0.2, -0.15) is 0 Å².